The van der Waals surface area contributed by atoms with Gasteiger partial charge in [0.25, 0.3) is 0 Å². The number of rotatable bonds is 4. The van der Waals surface area contributed by atoms with E-state index in [2.05, 4.69) is 0 Å². The Kier molecular flexibility index (Phi) is 3.79. The fourth-order valence-electron chi connectivity index (χ4n) is 1.59. The first-order valence-corrected chi connectivity index (χ1v) is 5.58. The zero-order chi connectivity index (χ0) is 13.7. The molecule has 0 N–H and O–H groups in total. The van der Waals surface area contributed by atoms with Crippen LogP contribution in [0.3, 0.4) is 0 Å². The van der Waals surface area contributed by atoms with Gasteiger partial charge in [0.2, 0.25) is 0 Å². The van der Waals surface area contributed by atoms with Crippen LogP contribution in [0.5, 0.6) is 17.2 Å². The van der Waals surface area contributed by atoms with Gasteiger partial charge in [0, 0.05) is 11.6 Å². The van der Waals surface area contributed by atoms with Gasteiger partial charge >= 0.3 is 0 Å². The summed E-state index contributed by atoms with van der Waals surface area (Å²) in [5, 5.41) is 9.05. The van der Waals surface area contributed by atoms with E-state index in [9.17, 15) is 4.79 Å². The zero-order valence-corrected chi connectivity index (χ0v) is 10.3. The van der Waals surface area contributed by atoms with Crippen molar-refractivity contribution in [2.24, 2.45) is 0 Å². The largest absolute Gasteiger partial charge is 0.497 e. The molecule has 0 aromatic heterocycles. The highest BCUT2D eigenvalue weighted by Crippen LogP contribution is 2.27. The number of hydrogen-bond donors (Lipinski definition) is 0. The van der Waals surface area contributed by atoms with Crippen molar-refractivity contribution in [2.75, 3.05) is 7.11 Å². The predicted molar refractivity (Wildman–Crippen MR) is 69.6 cm³/mol. The minimum atomic E-state index is 0.312. The Balaban J connectivity index is 2.32. The molecule has 0 aliphatic heterocycles. The van der Waals surface area contributed by atoms with Crippen molar-refractivity contribution in [2.45, 2.75) is 0 Å². The Morgan fingerprint density at radius 3 is 2.63 bits per heavy atom. The number of hydrogen-bond acceptors (Lipinski definition) is 4. The summed E-state index contributed by atoms with van der Waals surface area (Å²) < 4.78 is 10.7. The highest BCUT2D eigenvalue weighted by atomic mass is 16.5. The third kappa shape index (κ3) is 2.90. The summed E-state index contributed by atoms with van der Waals surface area (Å²) in [5.74, 6) is 1.64. The molecule has 0 amide bonds. The second-order valence-electron chi connectivity index (χ2n) is 3.77. The number of carbonyl (C=O) groups is 1. The zero-order valence-electron chi connectivity index (χ0n) is 10.3. The van der Waals surface area contributed by atoms with Crippen LogP contribution in [-0.4, -0.2) is 13.4 Å². The number of carbonyl (C=O) groups excluding carboxylic acids is 1. The van der Waals surface area contributed by atoms with Crippen molar-refractivity contribution < 1.29 is 14.3 Å². The van der Waals surface area contributed by atoms with Crippen molar-refractivity contribution in [1.82, 2.24) is 0 Å². The summed E-state index contributed by atoms with van der Waals surface area (Å²) in [7, 11) is 1.57. The average molecular weight is 253 g/mol. The number of aldehydes is 1. The highest BCUT2D eigenvalue weighted by Gasteiger charge is 2.06. The average Bonchev–Trinajstić information content (AvgIpc) is 2.48. The first kappa shape index (κ1) is 12.7. The molecule has 0 bridgehead atoms. The molecule has 2 aromatic rings. The Morgan fingerprint density at radius 2 is 1.95 bits per heavy atom. The minimum Gasteiger partial charge on any atom is -0.497 e. The van der Waals surface area contributed by atoms with Gasteiger partial charge in [0.15, 0.2) is 0 Å². The van der Waals surface area contributed by atoms with Crippen molar-refractivity contribution in [3.63, 3.8) is 0 Å². The van der Waals surface area contributed by atoms with Crippen LogP contribution >= 0.6 is 0 Å². The van der Waals surface area contributed by atoms with Crippen LogP contribution < -0.4 is 9.47 Å². The number of benzene rings is 2. The van der Waals surface area contributed by atoms with Gasteiger partial charge in [0.1, 0.15) is 29.6 Å². The molecule has 4 heteroatoms. The van der Waals surface area contributed by atoms with Gasteiger partial charge in [0.05, 0.1) is 12.7 Å². The normalized spacial score (nSPS) is 9.47. The van der Waals surface area contributed by atoms with Crippen molar-refractivity contribution in [3.05, 3.63) is 53.6 Å². The molecule has 0 fully saturated rings. The third-order valence-corrected chi connectivity index (χ3v) is 2.53. The molecule has 0 spiro atoms. The molecule has 0 aliphatic rings. The second kappa shape index (κ2) is 5.69. The summed E-state index contributed by atoms with van der Waals surface area (Å²) in [5.41, 5.74) is 0.752. The van der Waals surface area contributed by atoms with Gasteiger partial charge in [-0.15, -0.1) is 0 Å². The predicted octanol–water partition coefficient (Wildman–Crippen LogP) is 3.17. The van der Waals surface area contributed by atoms with Crippen molar-refractivity contribution in [3.8, 4) is 23.3 Å². The van der Waals surface area contributed by atoms with E-state index in [4.69, 9.17) is 14.7 Å². The summed E-state index contributed by atoms with van der Waals surface area (Å²) in [6.45, 7) is 0. The lowest BCUT2D eigenvalue weighted by Crippen LogP contribution is -1.91. The Hall–Kier alpha value is -2.80. The van der Waals surface area contributed by atoms with E-state index in [0.29, 0.717) is 34.7 Å². The molecular weight excluding hydrogens is 242 g/mol. The molecule has 2 rings (SSSR count). The molecule has 0 atom stereocenters. The molecule has 0 saturated heterocycles. The molecule has 4 nitrogen and oxygen atoms in total. The maximum atomic E-state index is 10.7. The maximum Gasteiger partial charge on any atom is 0.150 e. The lowest BCUT2D eigenvalue weighted by Gasteiger charge is -2.08. The smallest absolute Gasteiger partial charge is 0.150 e. The third-order valence-electron chi connectivity index (χ3n) is 2.53. The first-order chi connectivity index (χ1) is 9.26. The fraction of sp³-hybridized carbons (Fsp3) is 0.0667. The Morgan fingerprint density at radius 1 is 1.16 bits per heavy atom. The van der Waals surface area contributed by atoms with E-state index in [1.54, 1.807) is 43.5 Å². The van der Waals surface area contributed by atoms with Crippen LogP contribution in [0.25, 0.3) is 0 Å². The number of methoxy groups -OCH3 is 1. The molecule has 0 radical (unpaired) electrons. The van der Waals surface area contributed by atoms with Gasteiger partial charge in [-0.1, -0.05) is 6.07 Å². The molecule has 2 aromatic carbocycles. The van der Waals surface area contributed by atoms with Crippen molar-refractivity contribution in [1.29, 1.82) is 5.26 Å². The van der Waals surface area contributed by atoms with E-state index < -0.39 is 0 Å². The van der Waals surface area contributed by atoms with Gasteiger partial charge < -0.3 is 9.47 Å². The molecule has 94 valence electrons. The minimum absolute atomic E-state index is 0.312. The van der Waals surface area contributed by atoms with E-state index in [-0.39, 0.29) is 0 Å². The van der Waals surface area contributed by atoms with Crippen molar-refractivity contribution >= 4 is 6.29 Å². The molecule has 0 aliphatic carbocycles. The van der Waals surface area contributed by atoms with Gasteiger partial charge in [-0.05, 0) is 30.3 Å². The van der Waals surface area contributed by atoms with E-state index in [1.807, 2.05) is 6.07 Å². The lowest BCUT2D eigenvalue weighted by molar-refractivity contribution is 0.112. The van der Waals surface area contributed by atoms with Gasteiger partial charge in [-0.2, -0.15) is 5.26 Å². The van der Waals surface area contributed by atoms with E-state index in [0.717, 1.165) is 0 Å². The highest BCUT2D eigenvalue weighted by molar-refractivity contribution is 5.76. The summed E-state index contributed by atoms with van der Waals surface area (Å²) in [6, 6.07) is 13.8. The van der Waals surface area contributed by atoms with Crippen LogP contribution in [0.15, 0.2) is 42.5 Å². The number of nitrogens with zero attached hydrogens (tertiary/aromatic N) is 1. The van der Waals surface area contributed by atoms with Crippen LogP contribution in [0.1, 0.15) is 15.9 Å². The fourth-order valence-corrected chi connectivity index (χ4v) is 1.59. The van der Waals surface area contributed by atoms with E-state index >= 15 is 0 Å². The maximum absolute atomic E-state index is 10.7. The van der Waals surface area contributed by atoms with Crippen LogP contribution in [0.4, 0.5) is 0 Å². The number of nitriles is 1. The Labute approximate surface area is 110 Å². The standard InChI is InChI=1S/C15H11NO3/c1-18-13-3-2-4-14(8-13)19-15-6-5-11(10-17)7-12(15)9-16/h2-8,10H,1H3. The topological polar surface area (TPSA) is 59.3 Å². The molecular formula is C15H11NO3. The molecule has 0 unspecified atom stereocenters. The van der Waals surface area contributed by atoms with Gasteiger partial charge in [-0.3, -0.25) is 4.79 Å². The quantitative estimate of drug-likeness (QED) is 0.785. The van der Waals surface area contributed by atoms with Crippen LogP contribution in [0, 0.1) is 11.3 Å². The van der Waals surface area contributed by atoms with Gasteiger partial charge in [-0.25, -0.2) is 0 Å². The summed E-state index contributed by atoms with van der Waals surface area (Å²) >= 11 is 0. The Bertz CT molecular complexity index is 644. The molecule has 0 heterocycles. The lowest BCUT2D eigenvalue weighted by atomic mass is 10.1. The number of ether oxygens (including phenoxy) is 2. The van der Waals surface area contributed by atoms with E-state index in [1.165, 1.54) is 6.07 Å². The second-order valence-corrected chi connectivity index (χ2v) is 3.77. The summed E-state index contributed by atoms with van der Waals surface area (Å²) in [4.78, 5) is 10.7. The molecule has 19 heavy (non-hydrogen) atoms. The molecule has 0 saturated carbocycles. The summed E-state index contributed by atoms with van der Waals surface area (Å²) in [6.07, 6.45) is 0.691. The SMILES string of the molecule is COc1cccc(Oc2ccc(C=O)cc2C#N)c1. The monoisotopic (exact) mass is 253 g/mol. The van der Waals surface area contributed by atoms with Crippen LogP contribution in [0.2, 0.25) is 0 Å². The first-order valence-electron chi connectivity index (χ1n) is 5.58. The van der Waals surface area contributed by atoms with Crippen LogP contribution in [-0.2, 0) is 0 Å².